The van der Waals surface area contributed by atoms with Crippen LogP contribution in [-0.2, 0) is 16.6 Å². The van der Waals surface area contributed by atoms with Crippen molar-refractivity contribution in [3.63, 3.8) is 0 Å². The van der Waals surface area contributed by atoms with Gasteiger partial charge in [-0.2, -0.15) is 0 Å². The average molecular weight is 461 g/mol. The fourth-order valence-corrected chi connectivity index (χ4v) is 3.92. The number of nitrogens with one attached hydrogen (secondary N) is 1. The van der Waals surface area contributed by atoms with Crippen LogP contribution in [0.25, 0.3) is 0 Å². The minimum Gasteiger partial charge on any atom is -0.492 e. The van der Waals surface area contributed by atoms with E-state index in [9.17, 15) is 22.0 Å². The number of nitrogens with zero attached hydrogens (tertiary/aromatic N) is 1. The number of carbonyl (C=O) groups excluding carboxylic acids is 1. The highest BCUT2D eigenvalue weighted by Gasteiger charge is 2.21. The molecule has 32 heavy (non-hydrogen) atoms. The van der Waals surface area contributed by atoms with E-state index in [0.29, 0.717) is 23.6 Å². The van der Waals surface area contributed by atoms with Gasteiger partial charge >= 0.3 is 0 Å². The third-order valence-corrected chi connectivity index (χ3v) is 5.68. The SMILES string of the molecule is CCOc1ccccc1N(Cc1ccc(C(=O)Nc2ccc(F)c(F)c2)cc1)S(C)(=O)=O. The molecule has 0 aliphatic heterocycles. The summed E-state index contributed by atoms with van der Waals surface area (Å²) >= 11 is 0. The first-order chi connectivity index (χ1) is 15.2. The van der Waals surface area contributed by atoms with Crippen molar-refractivity contribution in [2.24, 2.45) is 0 Å². The Morgan fingerprint density at radius 1 is 1.00 bits per heavy atom. The second-order valence-electron chi connectivity index (χ2n) is 6.95. The lowest BCUT2D eigenvalue weighted by atomic mass is 10.1. The zero-order valence-electron chi connectivity index (χ0n) is 17.5. The molecule has 0 heterocycles. The molecule has 0 saturated heterocycles. The van der Waals surface area contributed by atoms with Gasteiger partial charge in [-0.05, 0) is 48.9 Å². The first kappa shape index (κ1) is 23.2. The Bertz CT molecular complexity index is 1210. The van der Waals surface area contributed by atoms with Gasteiger partial charge in [-0.25, -0.2) is 17.2 Å². The Morgan fingerprint density at radius 3 is 2.31 bits per heavy atom. The molecular formula is C23H22F2N2O4S. The van der Waals surface area contributed by atoms with Crippen LogP contribution in [0.1, 0.15) is 22.8 Å². The quantitative estimate of drug-likeness (QED) is 0.534. The van der Waals surface area contributed by atoms with Gasteiger partial charge in [-0.15, -0.1) is 0 Å². The van der Waals surface area contributed by atoms with Gasteiger partial charge in [0.2, 0.25) is 10.0 Å². The van der Waals surface area contributed by atoms with Crippen LogP contribution in [0.3, 0.4) is 0 Å². The van der Waals surface area contributed by atoms with E-state index in [2.05, 4.69) is 5.32 Å². The van der Waals surface area contributed by atoms with E-state index in [-0.39, 0.29) is 17.8 Å². The maximum atomic E-state index is 13.3. The first-order valence-electron chi connectivity index (χ1n) is 9.74. The summed E-state index contributed by atoms with van der Waals surface area (Å²) in [5.41, 5.74) is 1.45. The third kappa shape index (κ3) is 5.61. The van der Waals surface area contributed by atoms with Gasteiger partial charge in [0.1, 0.15) is 5.75 Å². The standard InChI is InChI=1S/C23H22F2N2O4S/c1-3-31-22-7-5-4-6-21(22)27(32(2,29)30)15-16-8-10-17(11-9-16)23(28)26-18-12-13-19(24)20(25)14-18/h4-14H,3,15H2,1-2H3,(H,26,28). The number of rotatable bonds is 8. The van der Waals surface area contributed by atoms with Crippen LogP contribution in [0.4, 0.5) is 20.2 Å². The average Bonchev–Trinajstić information content (AvgIpc) is 2.75. The molecule has 3 aromatic rings. The number of para-hydroxylation sites is 2. The lowest BCUT2D eigenvalue weighted by Gasteiger charge is -2.24. The van der Waals surface area contributed by atoms with E-state index in [1.807, 2.05) is 6.92 Å². The molecule has 0 spiro atoms. The second kappa shape index (κ2) is 9.78. The maximum absolute atomic E-state index is 13.3. The fourth-order valence-electron chi connectivity index (χ4n) is 3.03. The van der Waals surface area contributed by atoms with E-state index < -0.39 is 27.6 Å². The zero-order chi connectivity index (χ0) is 23.3. The predicted octanol–water partition coefficient (Wildman–Crippen LogP) is 4.58. The normalized spacial score (nSPS) is 11.1. The van der Waals surface area contributed by atoms with Gasteiger partial charge < -0.3 is 10.1 Å². The number of halogens is 2. The number of anilines is 2. The smallest absolute Gasteiger partial charge is 0.255 e. The molecule has 0 aliphatic rings. The van der Waals surface area contributed by atoms with Crippen molar-refractivity contribution < 1.29 is 26.7 Å². The van der Waals surface area contributed by atoms with E-state index in [1.165, 1.54) is 22.5 Å². The summed E-state index contributed by atoms with van der Waals surface area (Å²) in [6.07, 6.45) is 1.11. The lowest BCUT2D eigenvalue weighted by molar-refractivity contribution is 0.102. The Labute approximate surface area is 185 Å². The van der Waals surface area contributed by atoms with Gasteiger partial charge in [-0.1, -0.05) is 24.3 Å². The molecule has 6 nitrogen and oxygen atoms in total. The summed E-state index contributed by atoms with van der Waals surface area (Å²) < 4.78 is 58.1. The largest absolute Gasteiger partial charge is 0.492 e. The van der Waals surface area contributed by atoms with Crippen LogP contribution in [0.5, 0.6) is 5.75 Å². The number of ether oxygens (including phenoxy) is 1. The summed E-state index contributed by atoms with van der Waals surface area (Å²) in [4.78, 5) is 12.4. The topological polar surface area (TPSA) is 75.7 Å². The molecule has 3 rings (SSSR count). The van der Waals surface area contributed by atoms with Gasteiger partial charge in [0.25, 0.3) is 5.91 Å². The van der Waals surface area contributed by atoms with Crippen molar-refractivity contribution in [2.45, 2.75) is 13.5 Å². The van der Waals surface area contributed by atoms with Crippen molar-refractivity contribution >= 4 is 27.3 Å². The molecule has 0 bridgehead atoms. The van der Waals surface area contributed by atoms with Gasteiger partial charge in [0.15, 0.2) is 11.6 Å². The number of amides is 1. The highest BCUT2D eigenvalue weighted by Crippen LogP contribution is 2.31. The highest BCUT2D eigenvalue weighted by molar-refractivity contribution is 7.92. The van der Waals surface area contributed by atoms with E-state index in [0.717, 1.165) is 18.4 Å². The molecule has 0 fully saturated rings. The minimum atomic E-state index is -3.62. The first-order valence-corrected chi connectivity index (χ1v) is 11.6. The number of sulfonamides is 1. The van der Waals surface area contributed by atoms with Crippen molar-refractivity contribution in [1.29, 1.82) is 0 Å². The summed E-state index contributed by atoms with van der Waals surface area (Å²) in [6.45, 7) is 2.23. The van der Waals surface area contributed by atoms with E-state index in [1.54, 1.807) is 36.4 Å². The molecule has 1 amide bonds. The maximum Gasteiger partial charge on any atom is 0.255 e. The van der Waals surface area contributed by atoms with Crippen LogP contribution in [0.2, 0.25) is 0 Å². The predicted molar refractivity (Wildman–Crippen MR) is 119 cm³/mol. The number of hydrogen-bond donors (Lipinski definition) is 1. The summed E-state index contributed by atoms with van der Waals surface area (Å²) in [7, 11) is -3.62. The molecule has 0 atom stereocenters. The van der Waals surface area contributed by atoms with Gasteiger partial charge in [-0.3, -0.25) is 9.10 Å². The lowest BCUT2D eigenvalue weighted by Crippen LogP contribution is -2.29. The van der Waals surface area contributed by atoms with E-state index >= 15 is 0 Å². The van der Waals surface area contributed by atoms with Crippen LogP contribution < -0.4 is 14.4 Å². The molecule has 1 N–H and O–H groups in total. The summed E-state index contributed by atoms with van der Waals surface area (Å²) in [5, 5.41) is 2.49. The molecule has 3 aromatic carbocycles. The summed E-state index contributed by atoms with van der Waals surface area (Å²) in [5.74, 6) is -2.13. The van der Waals surface area contributed by atoms with Crippen LogP contribution in [-0.4, -0.2) is 27.2 Å². The Hall–Kier alpha value is -3.46. The summed E-state index contributed by atoms with van der Waals surface area (Å²) in [6, 6.07) is 16.2. The highest BCUT2D eigenvalue weighted by atomic mass is 32.2. The molecule has 0 saturated carbocycles. The molecule has 0 radical (unpaired) electrons. The molecule has 9 heteroatoms. The fraction of sp³-hybridized carbons (Fsp3) is 0.174. The van der Waals surface area contributed by atoms with Crippen molar-refractivity contribution in [3.05, 3.63) is 89.5 Å². The molecular weight excluding hydrogens is 438 g/mol. The monoisotopic (exact) mass is 460 g/mol. The number of hydrogen-bond acceptors (Lipinski definition) is 4. The van der Waals surface area contributed by atoms with Crippen molar-refractivity contribution in [1.82, 2.24) is 0 Å². The van der Waals surface area contributed by atoms with Crippen LogP contribution in [0.15, 0.2) is 66.7 Å². The zero-order valence-corrected chi connectivity index (χ0v) is 18.3. The Balaban J connectivity index is 1.79. The van der Waals surface area contributed by atoms with Crippen molar-refractivity contribution in [3.8, 4) is 5.75 Å². The third-order valence-electron chi connectivity index (χ3n) is 4.55. The van der Waals surface area contributed by atoms with Crippen LogP contribution >= 0.6 is 0 Å². The van der Waals surface area contributed by atoms with Gasteiger partial charge in [0.05, 0.1) is 25.1 Å². The molecule has 168 valence electrons. The number of carbonyl (C=O) groups is 1. The molecule has 0 aliphatic carbocycles. The Morgan fingerprint density at radius 2 is 1.69 bits per heavy atom. The van der Waals surface area contributed by atoms with E-state index in [4.69, 9.17) is 4.74 Å². The minimum absolute atomic E-state index is 0.0357. The number of benzene rings is 3. The van der Waals surface area contributed by atoms with Crippen molar-refractivity contribution in [2.75, 3.05) is 22.5 Å². The Kier molecular flexibility index (Phi) is 7.09. The van der Waals surface area contributed by atoms with Gasteiger partial charge in [0, 0.05) is 17.3 Å². The molecule has 0 unspecified atom stereocenters. The second-order valence-corrected chi connectivity index (χ2v) is 8.86. The van der Waals surface area contributed by atoms with Crippen LogP contribution in [0, 0.1) is 11.6 Å². The molecule has 0 aromatic heterocycles.